The van der Waals surface area contributed by atoms with Gasteiger partial charge in [-0.25, -0.2) is 13.1 Å². The van der Waals surface area contributed by atoms with Gasteiger partial charge in [-0.15, -0.1) is 0 Å². The van der Waals surface area contributed by atoms with Crippen molar-refractivity contribution in [3.8, 4) is 5.75 Å². The van der Waals surface area contributed by atoms with Crippen molar-refractivity contribution in [3.05, 3.63) is 23.8 Å². The van der Waals surface area contributed by atoms with Gasteiger partial charge >= 0.3 is 0 Å². The van der Waals surface area contributed by atoms with Crippen LogP contribution in [0.4, 0.5) is 0 Å². The van der Waals surface area contributed by atoms with Gasteiger partial charge in [0.05, 0.1) is 11.5 Å². The van der Waals surface area contributed by atoms with E-state index in [1.165, 1.54) is 0 Å². The highest BCUT2D eigenvalue weighted by Gasteiger charge is 2.21. The molecular formula is C12H18N2O3S. The number of hydrogen-bond donors (Lipinski definition) is 2. The van der Waals surface area contributed by atoms with Crippen molar-refractivity contribution in [3.63, 3.8) is 0 Å². The maximum absolute atomic E-state index is 12.1. The number of nitrogens with one attached hydrogen (secondary N) is 1. The van der Waals surface area contributed by atoms with Gasteiger partial charge in [0, 0.05) is 18.5 Å². The second-order valence-corrected chi connectivity index (χ2v) is 6.95. The van der Waals surface area contributed by atoms with E-state index in [-0.39, 0.29) is 11.4 Å². The van der Waals surface area contributed by atoms with Gasteiger partial charge in [-0.3, -0.25) is 0 Å². The van der Waals surface area contributed by atoms with E-state index in [2.05, 4.69) is 4.72 Å². The smallest absolute Gasteiger partial charge is 0.240 e. The summed E-state index contributed by atoms with van der Waals surface area (Å²) in [4.78, 5) is 0.260. The lowest BCUT2D eigenvalue weighted by Crippen LogP contribution is -2.45. The molecule has 18 heavy (non-hydrogen) atoms. The zero-order chi connectivity index (χ0) is 13.4. The third kappa shape index (κ3) is 3.01. The van der Waals surface area contributed by atoms with E-state index >= 15 is 0 Å². The van der Waals surface area contributed by atoms with Crippen molar-refractivity contribution in [1.82, 2.24) is 4.72 Å². The SMILES string of the molecule is CC(C)(N)CNS(=O)(=O)c1ccc2c(c1)CCO2. The van der Waals surface area contributed by atoms with Crippen LogP contribution in [0.3, 0.4) is 0 Å². The van der Waals surface area contributed by atoms with Crippen molar-refractivity contribution in [2.75, 3.05) is 13.2 Å². The molecule has 0 saturated heterocycles. The highest BCUT2D eigenvalue weighted by molar-refractivity contribution is 7.89. The number of benzene rings is 1. The summed E-state index contributed by atoms with van der Waals surface area (Å²) < 4.78 is 32.0. The number of nitrogens with two attached hydrogens (primary N) is 1. The minimum absolute atomic E-state index is 0.197. The molecule has 1 aliphatic heterocycles. The lowest BCUT2D eigenvalue weighted by atomic mass is 10.1. The molecule has 0 atom stereocenters. The molecule has 1 aromatic carbocycles. The molecule has 1 heterocycles. The number of fused-ring (bicyclic) bond motifs is 1. The average molecular weight is 270 g/mol. The van der Waals surface area contributed by atoms with Crippen LogP contribution in [0.15, 0.2) is 23.1 Å². The lowest BCUT2D eigenvalue weighted by molar-refractivity contribution is 0.356. The predicted octanol–water partition coefficient (Wildman–Crippen LogP) is 0.637. The van der Waals surface area contributed by atoms with E-state index in [0.29, 0.717) is 6.61 Å². The van der Waals surface area contributed by atoms with Gasteiger partial charge < -0.3 is 10.5 Å². The molecular weight excluding hydrogens is 252 g/mol. The second-order valence-electron chi connectivity index (χ2n) is 5.18. The molecule has 100 valence electrons. The number of sulfonamides is 1. The topological polar surface area (TPSA) is 81.4 Å². The van der Waals surface area contributed by atoms with Gasteiger partial charge in [-0.1, -0.05) is 0 Å². The Morgan fingerprint density at radius 2 is 2.17 bits per heavy atom. The van der Waals surface area contributed by atoms with Gasteiger partial charge in [0.2, 0.25) is 10.0 Å². The fourth-order valence-corrected chi connectivity index (χ4v) is 2.97. The van der Waals surface area contributed by atoms with E-state index < -0.39 is 15.6 Å². The fraction of sp³-hybridized carbons (Fsp3) is 0.500. The van der Waals surface area contributed by atoms with E-state index in [4.69, 9.17) is 10.5 Å². The van der Waals surface area contributed by atoms with Gasteiger partial charge in [0.25, 0.3) is 0 Å². The number of ether oxygens (including phenoxy) is 1. The summed E-state index contributed by atoms with van der Waals surface area (Å²) in [5.41, 5.74) is 6.12. The minimum Gasteiger partial charge on any atom is -0.493 e. The van der Waals surface area contributed by atoms with Crippen LogP contribution >= 0.6 is 0 Å². The summed E-state index contributed by atoms with van der Waals surface area (Å²) in [6.07, 6.45) is 0.751. The largest absolute Gasteiger partial charge is 0.493 e. The third-order valence-electron chi connectivity index (χ3n) is 2.69. The van der Waals surface area contributed by atoms with Crippen molar-refractivity contribution in [2.45, 2.75) is 30.7 Å². The second kappa shape index (κ2) is 4.53. The monoisotopic (exact) mass is 270 g/mol. The maximum Gasteiger partial charge on any atom is 0.240 e. The first kappa shape index (κ1) is 13.3. The molecule has 6 heteroatoms. The van der Waals surface area contributed by atoms with Crippen LogP contribution in [-0.4, -0.2) is 27.1 Å². The average Bonchev–Trinajstić information content (AvgIpc) is 2.72. The molecule has 0 unspecified atom stereocenters. The molecule has 0 saturated carbocycles. The maximum atomic E-state index is 12.1. The normalized spacial score (nSPS) is 15.3. The van der Waals surface area contributed by atoms with Crippen molar-refractivity contribution in [1.29, 1.82) is 0 Å². The van der Waals surface area contributed by atoms with E-state index in [1.807, 2.05) is 0 Å². The molecule has 5 nitrogen and oxygen atoms in total. The Labute approximate surface area is 107 Å². The first-order chi connectivity index (χ1) is 8.28. The molecule has 0 aromatic heterocycles. The lowest BCUT2D eigenvalue weighted by Gasteiger charge is -2.19. The molecule has 0 spiro atoms. The predicted molar refractivity (Wildman–Crippen MR) is 69.1 cm³/mol. The Kier molecular flexibility index (Phi) is 3.35. The van der Waals surface area contributed by atoms with Crippen molar-refractivity contribution >= 4 is 10.0 Å². The summed E-state index contributed by atoms with van der Waals surface area (Å²) in [7, 11) is -3.50. The van der Waals surface area contributed by atoms with Gasteiger partial charge in [0.15, 0.2) is 0 Å². The quantitative estimate of drug-likeness (QED) is 0.841. The Morgan fingerprint density at radius 1 is 1.44 bits per heavy atom. The van der Waals surface area contributed by atoms with Crippen molar-refractivity contribution < 1.29 is 13.2 Å². The number of rotatable bonds is 4. The van der Waals surface area contributed by atoms with Crippen LogP contribution in [0.25, 0.3) is 0 Å². The summed E-state index contributed by atoms with van der Waals surface area (Å²) in [6, 6.07) is 4.91. The third-order valence-corrected chi connectivity index (χ3v) is 4.09. The van der Waals surface area contributed by atoms with Gasteiger partial charge in [-0.05, 0) is 37.6 Å². The molecule has 1 aliphatic rings. The zero-order valence-corrected chi connectivity index (χ0v) is 11.4. The summed E-state index contributed by atoms with van der Waals surface area (Å²) in [5, 5.41) is 0. The molecule has 0 radical (unpaired) electrons. The first-order valence-corrected chi connectivity index (χ1v) is 7.30. The fourth-order valence-electron chi connectivity index (χ4n) is 1.69. The van der Waals surface area contributed by atoms with Crippen LogP contribution < -0.4 is 15.2 Å². The summed E-state index contributed by atoms with van der Waals surface area (Å²) in [6.45, 7) is 4.35. The summed E-state index contributed by atoms with van der Waals surface area (Å²) in [5.74, 6) is 0.771. The Balaban J connectivity index is 2.20. The van der Waals surface area contributed by atoms with E-state index in [1.54, 1.807) is 32.0 Å². The molecule has 0 fully saturated rings. The standard InChI is InChI=1S/C12H18N2O3S/c1-12(2,13)8-14-18(15,16)10-3-4-11-9(7-10)5-6-17-11/h3-4,7,14H,5-6,8,13H2,1-2H3. The van der Waals surface area contributed by atoms with Crippen LogP contribution in [0, 0.1) is 0 Å². The summed E-state index contributed by atoms with van der Waals surface area (Å²) >= 11 is 0. The van der Waals surface area contributed by atoms with Crippen LogP contribution in [-0.2, 0) is 16.4 Å². The van der Waals surface area contributed by atoms with Crippen molar-refractivity contribution in [2.24, 2.45) is 5.73 Å². The number of hydrogen-bond acceptors (Lipinski definition) is 4. The van der Waals surface area contributed by atoms with Crippen LogP contribution in [0.2, 0.25) is 0 Å². The molecule has 0 amide bonds. The molecule has 3 N–H and O–H groups in total. The molecule has 2 rings (SSSR count). The Bertz CT molecular complexity index is 547. The van der Waals surface area contributed by atoms with Gasteiger partial charge in [-0.2, -0.15) is 0 Å². The van der Waals surface area contributed by atoms with Crippen LogP contribution in [0.1, 0.15) is 19.4 Å². The Morgan fingerprint density at radius 3 is 2.83 bits per heavy atom. The van der Waals surface area contributed by atoms with E-state index in [0.717, 1.165) is 17.7 Å². The Hall–Kier alpha value is -1.11. The van der Waals surface area contributed by atoms with Crippen LogP contribution in [0.5, 0.6) is 5.75 Å². The molecule has 1 aromatic rings. The van der Waals surface area contributed by atoms with E-state index in [9.17, 15) is 8.42 Å². The molecule has 0 bridgehead atoms. The first-order valence-electron chi connectivity index (χ1n) is 5.82. The van der Waals surface area contributed by atoms with Gasteiger partial charge in [0.1, 0.15) is 5.75 Å². The minimum atomic E-state index is -3.50. The highest BCUT2D eigenvalue weighted by atomic mass is 32.2. The molecule has 0 aliphatic carbocycles. The zero-order valence-electron chi connectivity index (χ0n) is 10.6. The highest BCUT2D eigenvalue weighted by Crippen LogP contribution is 2.27.